The predicted octanol–water partition coefficient (Wildman–Crippen LogP) is 2.01. The number of nitrogens with zero attached hydrogens (tertiary/aromatic N) is 2. The van der Waals surface area contributed by atoms with Gasteiger partial charge in [-0.2, -0.15) is 4.98 Å². The number of anilines is 1. The zero-order valence-corrected chi connectivity index (χ0v) is 10.9. The van der Waals surface area contributed by atoms with Crippen LogP contribution in [0.25, 0.3) is 0 Å². The van der Waals surface area contributed by atoms with Crippen LogP contribution in [-0.4, -0.2) is 30.4 Å². The fraction of sp³-hybridized carbons (Fsp3) is 0.429. The first kappa shape index (κ1) is 12.2. The first-order valence-corrected chi connectivity index (χ1v) is 6.50. The third-order valence-corrected chi connectivity index (χ3v) is 3.40. The van der Waals surface area contributed by atoms with Crippen molar-refractivity contribution in [1.29, 1.82) is 0 Å². The van der Waals surface area contributed by atoms with Gasteiger partial charge in [-0.3, -0.25) is 0 Å². The van der Waals surface area contributed by atoms with Crippen molar-refractivity contribution in [2.24, 2.45) is 0 Å². The summed E-state index contributed by atoms with van der Waals surface area (Å²) < 4.78 is 10.3. The lowest BCUT2D eigenvalue weighted by atomic mass is 9.98. The fourth-order valence-electron chi connectivity index (χ4n) is 2.42. The molecule has 1 aromatic heterocycles. The molecule has 5 nitrogen and oxygen atoms in total. The van der Waals surface area contributed by atoms with Crippen LogP contribution in [-0.2, 0) is 17.6 Å². The van der Waals surface area contributed by atoms with Crippen molar-refractivity contribution in [2.45, 2.75) is 18.8 Å². The second-order valence-corrected chi connectivity index (χ2v) is 4.72. The molecule has 0 fully saturated rings. The third-order valence-electron chi connectivity index (χ3n) is 3.40. The summed E-state index contributed by atoms with van der Waals surface area (Å²) in [4.78, 5) is 4.40. The maximum atomic E-state index is 5.29. The minimum absolute atomic E-state index is 0.409. The Hall–Kier alpha value is -1.88. The molecule has 2 heterocycles. The number of fused-ring (bicyclic) bond motifs is 1. The highest BCUT2D eigenvalue weighted by atomic mass is 16.5. The first-order valence-electron chi connectivity index (χ1n) is 6.50. The highest BCUT2D eigenvalue weighted by Gasteiger charge is 2.23. The number of hydrogen-bond acceptors (Lipinski definition) is 5. The largest absolute Gasteiger partial charge is 0.384 e. The summed E-state index contributed by atoms with van der Waals surface area (Å²) in [7, 11) is 1.67. The Balaban J connectivity index is 1.68. The van der Waals surface area contributed by atoms with E-state index in [1.165, 1.54) is 11.3 Å². The molecule has 19 heavy (non-hydrogen) atoms. The Morgan fingerprint density at radius 3 is 3.21 bits per heavy atom. The molecule has 1 atom stereocenters. The number of rotatable bonds is 5. The van der Waals surface area contributed by atoms with Gasteiger partial charge in [0.2, 0.25) is 5.89 Å². The van der Waals surface area contributed by atoms with Crippen LogP contribution < -0.4 is 5.32 Å². The van der Waals surface area contributed by atoms with Crippen LogP contribution in [0.15, 0.2) is 28.8 Å². The number of benzene rings is 1. The van der Waals surface area contributed by atoms with Gasteiger partial charge in [0.1, 0.15) is 0 Å². The van der Waals surface area contributed by atoms with Gasteiger partial charge in [-0.15, -0.1) is 0 Å². The van der Waals surface area contributed by atoms with Crippen LogP contribution in [0.1, 0.15) is 23.2 Å². The van der Waals surface area contributed by atoms with Crippen molar-refractivity contribution in [3.8, 4) is 0 Å². The smallest absolute Gasteiger partial charge is 0.227 e. The van der Waals surface area contributed by atoms with Gasteiger partial charge < -0.3 is 14.6 Å². The van der Waals surface area contributed by atoms with E-state index in [2.05, 4.69) is 33.7 Å². The summed E-state index contributed by atoms with van der Waals surface area (Å²) in [6, 6.07) is 8.37. The summed E-state index contributed by atoms with van der Waals surface area (Å²) in [5.74, 6) is 1.83. The van der Waals surface area contributed by atoms with Gasteiger partial charge in [0, 0.05) is 38.1 Å². The van der Waals surface area contributed by atoms with Gasteiger partial charge in [0.15, 0.2) is 5.82 Å². The van der Waals surface area contributed by atoms with Gasteiger partial charge in [-0.25, -0.2) is 0 Å². The lowest BCUT2D eigenvalue weighted by Gasteiger charge is -2.05. The minimum atomic E-state index is 0.409. The highest BCUT2D eigenvalue weighted by molar-refractivity contribution is 5.57. The van der Waals surface area contributed by atoms with Crippen LogP contribution in [0.3, 0.4) is 0 Å². The van der Waals surface area contributed by atoms with E-state index < -0.39 is 0 Å². The van der Waals surface area contributed by atoms with Crippen molar-refractivity contribution < 1.29 is 9.26 Å². The Morgan fingerprint density at radius 1 is 1.42 bits per heavy atom. The van der Waals surface area contributed by atoms with E-state index in [0.29, 0.717) is 24.8 Å². The molecule has 0 amide bonds. The SMILES string of the molecule is COCCc1noc(CC2CNc3ccccc32)n1. The van der Waals surface area contributed by atoms with E-state index in [4.69, 9.17) is 9.26 Å². The Morgan fingerprint density at radius 2 is 2.32 bits per heavy atom. The first-order chi connectivity index (χ1) is 9.36. The van der Waals surface area contributed by atoms with Crippen molar-refractivity contribution in [3.05, 3.63) is 41.5 Å². The number of nitrogens with one attached hydrogen (secondary N) is 1. The standard InChI is InChI=1S/C14H17N3O2/c1-18-7-6-13-16-14(19-17-13)8-10-9-15-12-5-3-2-4-11(10)12/h2-5,10,15H,6-9H2,1H3. The molecular formula is C14H17N3O2. The topological polar surface area (TPSA) is 60.2 Å². The molecule has 0 spiro atoms. The summed E-state index contributed by atoms with van der Waals surface area (Å²) in [6.07, 6.45) is 1.48. The second-order valence-electron chi connectivity index (χ2n) is 4.72. The third kappa shape index (κ3) is 2.61. The zero-order chi connectivity index (χ0) is 13.1. The molecule has 1 aromatic carbocycles. The average Bonchev–Trinajstić information content (AvgIpc) is 3.05. The zero-order valence-electron chi connectivity index (χ0n) is 10.9. The maximum Gasteiger partial charge on any atom is 0.227 e. The van der Waals surface area contributed by atoms with Crippen LogP contribution >= 0.6 is 0 Å². The molecule has 1 unspecified atom stereocenters. The number of hydrogen-bond donors (Lipinski definition) is 1. The van der Waals surface area contributed by atoms with Crippen molar-refractivity contribution in [1.82, 2.24) is 10.1 Å². The molecule has 0 saturated carbocycles. The van der Waals surface area contributed by atoms with Crippen molar-refractivity contribution in [2.75, 3.05) is 25.6 Å². The molecule has 5 heteroatoms. The molecule has 1 N–H and O–H groups in total. The molecule has 0 radical (unpaired) electrons. The summed E-state index contributed by atoms with van der Waals surface area (Å²) in [5, 5.41) is 7.37. The quantitative estimate of drug-likeness (QED) is 0.890. The van der Waals surface area contributed by atoms with Crippen LogP contribution in [0.2, 0.25) is 0 Å². The van der Waals surface area contributed by atoms with Gasteiger partial charge >= 0.3 is 0 Å². The lowest BCUT2D eigenvalue weighted by molar-refractivity contribution is 0.199. The second kappa shape index (κ2) is 5.40. The minimum Gasteiger partial charge on any atom is -0.384 e. The number of methoxy groups -OCH3 is 1. The molecule has 0 saturated heterocycles. The van der Waals surface area contributed by atoms with E-state index >= 15 is 0 Å². The van der Waals surface area contributed by atoms with Crippen molar-refractivity contribution >= 4 is 5.69 Å². The molecule has 3 rings (SSSR count). The average molecular weight is 259 g/mol. The number of ether oxygens (including phenoxy) is 1. The number of para-hydroxylation sites is 1. The summed E-state index contributed by atoms with van der Waals surface area (Å²) in [6.45, 7) is 1.54. The van der Waals surface area contributed by atoms with Crippen molar-refractivity contribution in [3.63, 3.8) is 0 Å². The number of aromatic nitrogens is 2. The maximum absolute atomic E-state index is 5.29. The monoisotopic (exact) mass is 259 g/mol. The molecule has 100 valence electrons. The van der Waals surface area contributed by atoms with E-state index in [0.717, 1.165) is 18.8 Å². The molecule has 2 aromatic rings. The Labute approximate surface area is 112 Å². The molecule has 1 aliphatic heterocycles. The van der Waals surface area contributed by atoms with Crippen LogP contribution in [0, 0.1) is 0 Å². The lowest BCUT2D eigenvalue weighted by Crippen LogP contribution is -2.06. The summed E-state index contributed by atoms with van der Waals surface area (Å²) in [5.41, 5.74) is 2.55. The van der Waals surface area contributed by atoms with Gasteiger partial charge in [0.25, 0.3) is 0 Å². The van der Waals surface area contributed by atoms with Crippen LogP contribution in [0.5, 0.6) is 0 Å². The Kier molecular flexibility index (Phi) is 3.46. The van der Waals surface area contributed by atoms with E-state index in [1.807, 2.05) is 6.07 Å². The molecule has 0 bridgehead atoms. The molecule has 1 aliphatic rings. The highest BCUT2D eigenvalue weighted by Crippen LogP contribution is 2.32. The van der Waals surface area contributed by atoms with E-state index in [-0.39, 0.29) is 0 Å². The normalized spacial score (nSPS) is 17.2. The van der Waals surface area contributed by atoms with Crippen LogP contribution in [0.4, 0.5) is 5.69 Å². The van der Waals surface area contributed by atoms with Gasteiger partial charge in [-0.05, 0) is 11.6 Å². The fourth-order valence-corrected chi connectivity index (χ4v) is 2.42. The summed E-state index contributed by atoms with van der Waals surface area (Å²) >= 11 is 0. The van der Waals surface area contributed by atoms with E-state index in [9.17, 15) is 0 Å². The predicted molar refractivity (Wildman–Crippen MR) is 71.3 cm³/mol. The van der Waals surface area contributed by atoms with Gasteiger partial charge in [0.05, 0.1) is 6.61 Å². The van der Waals surface area contributed by atoms with E-state index in [1.54, 1.807) is 7.11 Å². The molecule has 0 aliphatic carbocycles. The Bertz CT molecular complexity index is 553. The molecular weight excluding hydrogens is 242 g/mol. The van der Waals surface area contributed by atoms with Gasteiger partial charge in [-0.1, -0.05) is 23.4 Å².